The third-order valence-electron chi connectivity index (χ3n) is 3.09. The summed E-state index contributed by atoms with van der Waals surface area (Å²) < 4.78 is 9.58. The fraction of sp³-hybridized carbons (Fsp3) is 0.500. The highest BCUT2D eigenvalue weighted by atomic mass is 16.5. The Morgan fingerprint density at radius 3 is 2.45 bits per heavy atom. The Labute approximate surface area is 131 Å². The number of carbonyl (C=O) groups excluding carboxylic acids is 2. The number of ether oxygens (including phenoxy) is 2. The van der Waals surface area contributed by atoms with E-state index in [0.717, 1.165) is 12.0 Å². The smallest absolute Gasteiger partial charge is 0.337 e. The zero-order chi connectivity index (χ0) is 16.4. The number of benzene rings is 1. The van der Waals surface area contributed by atoms with E-state index in [2.05, 4.69) is 10.1 Å². The first-order valence-electron chi connectivity index (χ1n) is 7.18. The molecule has 122 valence electrons. The van der Waals surface area contributed by atoms with Gasteiger partial charge in [0.05, 0.1) is 19.2 Å². The molecule has 6 nitrogen and oxygen atoms in total. The molecule has 1 N–H and O–H groups in total. The topological polar surface area (TPSA) is 67.9 Å². The second-order valence-electron chi connectivity index (χ2n) is 5.06. The first kappa shape index (κ1) is 18.1. The average Bonchev–Trinajstić information content (AvgIpc) is 2.51. The van der Waals surface area contributed by atoms with E-state index in [1.54, 1.807) is 19.2 Å². The molecule has 0 aliphatic heterocycles. The minimum Gasteiger partial charge on any atom is -0.465 e. The third-order valence-corrected chi connectivity index (χ3v) is 3.09. The van der Waals surface area contributed by atoms with Crippen molar-refractivity contribution in [2.24, 2.45) is 0 Å². The largest absolute Gasteiger partial charge is 0.465 e. The summed E-state index contributed by atoms with van der Waals surface area (Å²) in [5, 5.41) is 2.84. The first-order valence-corrected chi connectivity index (χ1v) is 7.18. The Balaban J connectivity index is 2.36. The molecule has 22 heavy (non-hydrogen) atoms. The molecule has 0 aromatic heterocycles. The van der Waals surface area contributed by atoms with Crippen LogP contribution in [-0.4, -0.2) is 57.7 Å². The van der Waals surface area contributed by atoms with Crippen molar-refractivity contribution in [3.8, 4) is 0 Å². The highest BCUT2D eigenvalue weighted by Crippen LogP contribution is 2.07. The SMILES string of the molecule is COCCCNC(=O)CN(C)Cc1ccc(C(=O)OC)cc1. The molecule has 0 aliphatic carbocycles. The number of methoxy groups -OCH3 is 2. The fourth-order valence-electron chi connectivity index (χ4n) is 1.98. The van der Waals surface area contributed by atoms with Crippen LogP contribution in [0.4, 0.5) is 0 Å². The van der Waals surface area contributed by atoms with Gasteiger partial charge in [-0.15, -0.1) is 0 Å². The van der Waals surface area contributed by atoms with E-state index in [-0.39, 0.29) is 11.9 Å². The molecular weight excluding hydrogens is 284 g/mol. The molecule has 0 unspecified atom stereocenters. The molecule has 0 saturated heterocycles. The number of likely N-dealkylation sites (N-methyl/N-ethyl adjacent to an activating group) is 1. The van der Waals surface area contributed by atoms with E-state index in [1.165, 1.54) is 7.11 Å². The lowest BCUT2D eigenvalue weighted by Crippen LogP contribution is -2.35. The van der Waals surface area contributed by atoms with Gasteiger partial charge in [-0.05, 0) is 31.2 Å². The maximum absolute atomic E-state index is 11.7. The van der Waals surface area contributed by atoms with Crippen LogP contribution in [0.3, 0.4) is 0 Å². The molecule has 1 rings (SSSR count). The molecule has 1 aromatic rings. The molecule has 0 aliphatic rings. The van der Waals surface area contributed by atoms with Crippen LogP contribution in [0.15, 0.2) is 24.3 Å². The number of hydrogen-bond acceptors (Lipinski definition) is 5. The highest BCUT2D eigenvalue weighted by Gasteiger charge is 2.08. The molecule has 0 bridgehead atoms. The van der Waals surface area contributed by atoms with Crippen molar-refractivity contribution in [1.29, 1.82) is 0 Å². The van der Waals surface area contributed by atoms with Gasteiger partial charge in [0.15, 0.2) is 0 Å². The van der Waals surface area contributed by atoms with Crippen LogP contribution in [-0.2, 0) is 20.8 Å². The number of esters is 1. The van der Waals surface area contributed by atoms with Crippen LogP contribution >= 0.6 is 0 Å². The molecule has 0 radical (unpaired) electrons. The number of nitrogens with zero attached hydrogens (tertiary/aromatic N) is 1. The summed E-state index contributed by atoms with van der Waals surface area (Å²) in [6, 6.07) is 7.16. The minimum atomic E-state index is -0.352. The van der Waals surface area contributed by atoms with E-state index < -0.39 is 0 Å². The zero-order valence-corrected chi connectivity index (χ0v) is 13.4. The van der Waals surface area contributed by atoms with Gasteiger partial charge in [0.2, 0.25) is 5.91 Å². The summed E-state index contributed by atoms with van der Waals surface area (Å²) in [4.78, 5) is 25.0. The predicted octanol–water partition coefficient (Wildman–Crippen LogP) is 1.06. The summed E-state index contributed by atoms with van der Waals surface area (Å²) in [7, 11) is 4.87. The summed E-state index contributed by atoms with van der Waals surface area (Å²) in [5.74, 6) is -0.361. The van der Waals surface area contributed by atoms with Gasteiger partial charge in [0.1, 0.15) is 0 Å². The summed E-state index contributed by atoms with van der Waals surface area (Å²) in [5.41, 5.74) is 1.55. The standard InChI is InChI=1S/C16H24N2O4/c1-18(12-15(19)17-9-4-10-21-2)11-13-5-7-14(8-6-13)16(20)22-3/h5-8H,4,9-12H2,1-3H3,(H,17,19). The molecule has 0 atom stereocenters. The fourth-order valence-corrected chi connectivity index (χ4v) is 1.98. The van der Waals surface area contributed by atoms with Crippen molar-refractivity contribution in [2.75, 3.05) is 41.0 Å². The molecular formula is C16H24N2O4. The van der Waals surface area contributed by atoms with E-state index in [4.69, 9.17) is 4.74 Å². The van der Waals surface area contributed by atoms with E-state index in [9.17, 15) is 9.59 Å². The van der Waals surface area contributed by atoms with Crippen molar-refractivity contribution in [2.45, 2.75) is 13.0 Å². The maximum atomic E-state index is 11.7. The number of carbonyl (C=O) groups is 2. The minimum absolute atomic E-state index is 0.00946. The Morgan fingerprint density at radius 2 is 1.86 bits per heavy atom. The van der Waals surface area contributed by atoms with Gasteiger partial charge in [0, 0.05) is 26.8 Å². The van der Waals surface area contributed by atoms with Crippen molar-refractivity contribution in [3.63, 3.8) is 0 Å². The lowest BCUT2D eigenvalue weighted by atomic mass is 10.1. The van der Waals surface area contributed by atoms with Crippen LogP contribution in [0.1, 0.15) is 22.3 Å². The Morgan fingerprint density at radius 1 is 1.18 bits per heavy atom. The summed E-state index contributed by atoms with van der Waals surface area (Å²) in [6.45, 7) is 2.22. The molecule has 0 saturated carbocycles. The van der Waals surface area contributed by atoms with Crippen molar-refractivity contribution in [3.05, 3.63) is 35.4 Å². The molecule has 0 fully saturated rings. The molecule has 0 spiro atoms. The van der Waals surface area contributed by atoms with Gasteiger partial charge >= 0.3 is 5.97 Å². The van der Waals surface area contributed by atoms with Gasteiger partial charge < -0.3 is 14.8 Å². The lowest BCUT2D eigenvalue weighted by molar-refractivity contribution is -0.122. The average molecular weight is 308 g/mol. The molecule has 1 amide bonds. The number of nitrogens with one attached hydrogen (secondary N) is 1. The Hall–Kier alpha value is -1.92. The van der Waals surface area contributed by atoms with Crippen LogP contribution in [0.2, 0.25) is 0 Å². The van der Waals surface area contributed by atoms with E-state index in [1.807, 2.05) is 24.1 Å². The normalized spacial score (nSPS) is 10.5. The van der Waals surface area contributed by atoms with Crippen molar-refractivity contribution >= 4 is 11.9 Å². The summed E-state index contributed by atoms with van der Waals surface area (Å²) >= 11 is 0. The molecule has 1 aromatic carbocycles. The Bertz CT molecular complexity index is 474. The van der Waals surface area contributed by atoms with Crippen molar-refractivity contribution < 1.29 is 19.1 Å². The van der Waals surface area contributed by atoms with Gasteiger partial charge in [0.25, 0.3) is 0 Å². The van der Waals surface area contributed by atoms with Crippen LogP contribution < -0.4 is 5.32 Å². The first-order chi connectivity index (χ1) is 10.6. The zero-order valence-electron chi connectivity index (χ0n) is 13.4. The monoisotopic (exact) mass is 308 g/mol. The summed E-state index contributed by atoms with van der Waals surface area (Å²) in [6.07, 6.45) is 0.806. The third kappa shape index (κ3) is 6.69. The second kappa shape index (κ2) is 9.92. The van der Waals surface area contributed by atoms with E-state index in [0.29, 0.717) is 31.8 Å². The van der Waals surface area contributed by atoms with Gasteiger partial charge in [-0.2, -0.15) is 0 Å². The van der Waals surface area contributed by atoms with E-state index >= 15 is 0 Å². The molecule has 0 heterocycles. The number of amides is 1. The van der Waals surface area contributed by atoms with Gasteiger partial charge in [-0.3, -0.25) is 9.69 Å². The predicted molar refractivity (Wildman–Crippen MR) is 83.6 cm³/mol. The van der Waals surface area contributed by atoms with Gasteiger partial charge in [-0.1, -0.05) is 12.1 Å². The molecule has 6 heteroatoms. The van der Waals surface area contributed by atoms with Gasteiger partial charge in [-0.25, -0.2) is 4.79 Å². The quantitative estimate of drug-likeness (QED) is 0.546. The lowest BCUT2D eigenvalue weighted by Gasteiger charge is -2.16. The van der Waals surface area contributed by atoms with Crippen LogP contribution in [0, 0.1) is 0 Å². The van der Waals surface area contributed by atoms with Crippen LogP contribution in [0.5, 0.6) is 0 Å². The highest BCUT2D eigenvalue weighted by molar-refractivity contribution is 5.89. The maximum Gasteiger partial charge on any atom is 0.337 e. The number of rotatable bonds is 9. The Kier molecular flexibility index (Phi) is 8.17. The number of hydrogen-bond donors (Lipinski definition) is 1. The van der Waals surface area contributed by atoms with Crippen molar-refractivity contribution in [1.82, 2.24) is 10.2 Å². The van der Waals surface area contributed by atoms with Crippen LogP contribution in [0.25, 0.3) is 0 Å². The second-order valence-corrected chi connectivity index (χ2v) is 5.06.